The van der Waals surface area contributed by atoms with E-state index < -0.39 is 0 Å². The number of anilines is 1. The van der Waals surface area contributed by atoms with E-state index in [0.29, 0.717) is 12.1 Å². The van der Waals surface area contributed by atoms with Crippen LogP contribution in [0.25, 0.3) is 0 Å². The number of aryl methyl sites for hydroxylation is 1. The molecule has 0 unspecified atom stereocenters. The van der Waals surface area contributed by atoms with Crippen molar-refractivity contribution in [3.8, 4) is 0 Å². The first kappa shape index (κ1) is 13.9. The number of hydrogen-bond donors (Lipinski definition) is 1. The molecule has 2 fully saturated rings. The maximum Gasteiger partial charge on any atom is 0.205 e. The van der Waals surface area contributed by atoms with Crippen molar-refractivity contribution >= 4 is 5.95 Å². The van der Waals surface area contributed by atoms with Crippen molar-refractivity contribution in [2.45, 2.75) is 70.4 Å². The Morgan fingerprint density at radius 2 is 1.85 bits per heavy atom. The third kappa shape index (κ3) is 2.85. The fourth-order valence-electron chi connectivity index (χ4n) is 3.57. The van der Waals surface area contributed by atoms with Crippen LogP contribution in [0.2, 0.25) is 0 Å². The molecule has 0 aromatic carbocycles. The quantitative estimate of drug-likeness (QED) is 0.923. The predicted octanol–water partition coefficient (Wildman–Crippen LogP) is 2.88. The van der Waals surface area contributed by atoms with Gasteiger partial charge in [-0.1, -0.05) is 26.2 Å². The lowest BCUT2D eigenvalue weighted by molar-refractivity contribution is 0.350. The summed E-state index contributed by atoms with van der Waals surface area (Å²) in [5.74, 6) is 1.21. The highest BCUT2D eigenvalue weighted by Crippen LogP contribution is 2.32. The molecule has 1 saturated carbocycles. The number of nitrogens with zero attached hydrogens (tertiary/aromatic N) is 3. The van der Waals surface area contributed by atoms with Gasteiger partial charge < -0.3 is 15.2 Å². The maximum absolute atomic E-state index is 6.03. The summed E-state index contributed by atoms with van der Waals surface area (Å²) in [7, 11) is 0. The molecule has 112 valence electrons. The van der Waals surface area contributed by atoms with E-state index in [1.807, 2.05) is 0 Å². The lowest BCUT2D eigenvalue weighted by atomic mass is 9.95. The van der Waals surface area contributed by atoms with Crippen LogP contribution < -0.4 is 10.6 Å². The fraction of sp³-hybridized carbons (Fsp3) is 0.812. The molecule has 0 amide bonds. The van der Waals surface area contributed by atoms with Crippen molar-refractivity contribution < 1.29 is 0 Å². The van der Waals surface area contributed by atoms with E-state index in [2.05, 4.69) is 22.6 Å². The second-order valence-electron chi connectivity index (χ2n) is 6.41. The van der Waals surface area contributed by atoms with Gasteiger partial charge in [-0.2, -0.15) is 0 Å². The van der Waals surface area contributed by atoms with Crippen molar-refractivity contribution in [1.82, 2.24) is 9.55 Å². The lowest BCUT2D eigenvalue weighted by Gasteiger charge is -2.33. The Hall–Kier alpha value is -1.03. The summed E-state index contributed by atoms with van der Waals surface area (Å²) in [5.41, 5.74) is 7.27. The van der Waals surface area contributed by atoms with Gasteiger partial charge in [-0.25, -0.2) is 4.98 Å². The van der Waals surface area contributed by atoms with Gasteiger partial charge in [0.1, 0.15) is 0 Å². The summed E-state index contributed by atoms with van der Waals surface area (Å²) in [4.78, 5) is 7.36. The van der Waals surface area contributed by atoms with Crippen molar-refractivity contribution in [3.05, 3.63) is 11.9 Å². The van der Waals surface area contributed by atoms with Crippen LogP contribution in [0, 0.1) is 0 Å². The van der Waals surface area contributed by atoms with Crippen LogP contribution in [0.3, 0.4) is 0 Å². The van der Waals surface area contributed by atoms with Gasteiger partial charge in [0.2, 0.25) is 5.95 Å². The highest BCUT2D eigenvalue weighted by Gasteiger charge is 2.25. The Kier molecular flexibility index (Phi) is 4.29. The standard InChI is InChI=1S/C16H28N4/c1-2-14-12-20(15-6-4-3-5-7-15)16(18-14)19-10-8-13(17)9-11-19/h12-13,15H,2-11,17H2,1H3. The zero-order chi connectivity index (χ0) is 13.9. The minimum Gasteiger partial charge on any atom is -0.342 e. The second kappa shape index (κ2) is 6.17. The molecule has 2 N–H and O–H groups in total. The summed E-state index contributed by atoms with van der Waals surface area (Å²) in [6, 6.07) is 1.05. The van der Waals surface area contributed by atoms with Crippen LogP contribution in [0.15, 0.2) is 6.20 Å². The zero-order valence-corrected chi connectivity index (χ0v) is 12.7. The molecule has 0 spiro atoms. The molecule has 0 radical (unpaired) electrons. The summed E-state index contributed by atoms with van der Waals surface area (Å²) in [6.07, 6.45) is 12.3. The third-order valence-corrected chi connectivity index (χ3v) is 4.92. The number of aromatic nitrogens is 2. The van der Waals surface area contributed by atoms with E-state index in [0.717, 1.165) is 32.4 Å². The van der Waals surface area contributed by atoms with Crippen molar-refractivity contribution in [1.29, 1.82) is 0 Å². The lowest BCUT2D eigenvalue weighted by Crippen LogP contribution is -2.41. The molecule has 2 aliphatic rings. The first-order chi connectivity index (χ1) is 9.78. The average Bonchev–Trinajstić information content (AvgIpc) is 2.93. The molecule has 1 aromatic rings. The molecular weight excluding hydrogens is 248 g/mol. The highest BCUT2D eigenvalue weighted by molar-refractivity contribution is 5.35. The Bertz CT molecular complexity index is 426. The average molecular weight is 276 g/mol. The molecule has 4 heteroatoms. The topological polar surface area (TPSA) is 47.1 Å². The van der Waals surface area contributed by atoms with E-state index in [9.17, 15) is 0 Å². The molecule has 3 rings (SSSR count). The molecule has 1 saturated heterocycles. The van der Waals surface area contributed by atoms with Gasteiger partial charge >= 0.3 is 0 Å². The van der Waals surface area contributed by atoms with Crippen molar-refractivity contribution in [2.24, 2.45) is 5.73 Å². The summed E-state index contributed by atoms with van der Waals surface area (Å²) < 4.78 is 2.48. The number of piperidine rings is 1. The van der Waals surface area contributed by atoms with Crippen LogP contribution >= 0.6 is 0 Å². The van der Waals surface area contributed by atoms with Crippen molar-refractivity contribution in [2.75, 3.05) is 18.0 Å². The predicted molar refractivity (Wildman–Crippen MR) is 83.1 cm³/mol. The van der Waals surface area contributed by atoms with E-state index >= 15 is 0 Å². The summed E-state index contributed by atoms with van der Waals surface area (Å²) in [6.45, 7) is 4.32. The monoisotopic (exact) mass is 276 g/mol. The molecule has 1 aliphatic heterocycles. The number of hydrogen-bond acceptors (Lipinski definition) is 3. The van der Waals surface area contributed by atoms with Gasteiger partial charge in [0, 0.05) is 31.4 Å². The van der Waals surface area contributed by atoms with Gasteiger partial charge in [0.15, 0.2) is 0 Å². The summed E-state index contributed by atoms with van der Waals surface area (Å²) in [5, 5.41) is 0. The van der Waals surface area contributed by atoms with Crippen LogP contribution in [-0.4, -0.2) is 28.7 Å². The van der Waals surface area contributed by atoms with Crippen LogP contribution in [-0.2, 0) is 6.42 Å². The number of nitrogens with two attached hydrogens (primary N) is 1. The second-order valence-corrected chi connectivity index (χ2v) is 6.41. The highest BCUT2D eigenvalue weighted by atomic mass is 15.3. The molecule has 0 bridgehead atoms. The third-order valence-electron chi connectivity index (χ3n) is 4.92. The Labute approximate surface area is 122 Å². The minimum atomic E-state index is 0.384. The molecule has 0 atom stereocenters. The fourth-order valence-corrected chi connectivity index (χ4v) is 3.57. The van der Waals surface area contributed by atoms with Gasteiger partial charge in [-0.15, -0.1) is 0 Å². The summed E-state index contributed by atoms with van der Waals surface area (Å²) >= 11 is 0. The molecule has 1 aliphatic carbocycles. The molecule has 2 heterocycles. The molecule has 1 aromatic heterocycles. The molecule has 20 heavy (non-hydrogen) atoms. The normalized spacial score (nSPS) is 22.4. The minimum absolute atomic E-state index is 0.384. The van der Waals surface area contributed by atoms with Crippen LogP contribution in [0.5, 0.6) is 0 Å². The SMILES string of the molecule is CCc1cn(C2CCCCC2)c(N2CCC(N)CC2)n1. The smallest absolute Gasteiger partial charge is 0.205 e. The van der Waals surface area contributed by atoms with E-state index in [4.69, 9.17) is 10.7 Å². The molecule has 4 nitrogen and oxygen atoms in total. The Morgan fingerprint density at radius 3 is 2.50 bits per heavy atom. The van der Waals surface area contributed by atoms with Gasteiger partial charge in [0.05, 0.1) is 5.69 Å². The van der Waals surface area contributed by atoms with Crippen LogP contribution in [0.4, 0.5) is 5.95 Å². The number of imidazole rings is 1. The van der Waals surface area contributed by atoms with E-state index in [1.165, 1.54) is 43.7 Å². The maximum atomic E-state index is 6.03. The van der Waals surface area contributed by atoms with Crippen molar-refractivity contribution in [3.63, 3.8) is 0 Å². The van der Waals surface area contributed by atoms with E-state index in [-0.39, 0.29) is 0 Å². The van der Waals surface area contributed by atoms with Gasteiger partial charge in [-0.3, -0.25) is 0 Å². The Morgan fingerprint density at radius 1 is 1.15 bits per heavy atom. The number of rotatable bonds is 3. The first-order valence-electron chi connectivity index (χ1n) is 8.36. The van der Waals surface area contributed by atoms with E-state index in [1.54, 1.807) is 0 Å². The largest absolute Gasteiger partial charge is 0.342 e. The molecular formula is C16H28N4. The van der Waals surface area contributed by atoms with Gasteiger partial charge in [0.25, 0.3) is 0 Å². The van der Waals surface area contributed by atoms with Gasteiger partial charge in [-0.05, 0) is 32.1 Å². The first-order valence-corrected chi connectivity index (χ1v) is 8.36. The zero-order valence-electron chi connectivity index (χ0n) is 12.7. The Balaban J connectivity index is 1.82. The van der Waals surface area contributed by atoms with Crippen LogP contribution in [0.1, 0.15) is 63.6 Å².